The molecule has 0 spiro atoms. The zero-order valence-corrected chi connectivity index (χ0v) is 18.5. The average Bonchev–Trinajstić information content (AvgIpc) is 3.62. The van der Waals surface area contributed by atoms with Crippen LogP contribution >= 0.6 is 11.8 Å². The summed E-state index contributed by atoms with van der Waals surface area (Å²) in [7, 11) is 0. The lowest BCUT2D eigenvalue weighted by Gasteiger charge is -2.49. The third-order valence-corrected chi connectivity index (χ3v) is 7.21. The summed E-state index contributed by atoms with van der Waals surface area (Å²) in [5, 5.41) is 11.4. The summed E-state index contributed by atoms with van der Waals surface area (Å²) >= 11 is 1.39. The lowest BCUT2D eigenvalue weighted by atomic mass is 10.00. The first kappa shape index (κ1) is 22.6. The highest BCUT2D eigenvalue weighted by atomic mass is 32.2. The molecule has 3 N–H and O–H groups in total. The van der Waals surface area contributed by atoms with E-state index in [2.05, 4.69) is 10.8 Å². The number of β-lactam (4-membered cyclic amide) rings is 1. The van der Waals surface area contributed by atoms with Gasteiger partial charge in [-0.25, -0.2) is 9.59 Å². The molecule has 4 unspecified atom stereocenters. The van der Waals surface area contributed by atoms with Crippen molar-refractivity contribution < 1.29 is 33.9 Å². The molecule has 3 heterocycles. The van der Waals surface area contributed by atoms with Crippen molar-refractivity contribution in [2.45, 2.75) is 61.9 Å². The standard InChI is InChI=1S/C21H25N3O7S/c1-10-8-14(21(28)29)24-19(27)17(20(24)32-10)22-18(26)16(23-31-11(2)12-5-6-12)13-4-3-7-30-15(13)9-25/h4,8,10-12,16-17,20,23H,3,5-7H2,1-2H3,(H,22,26)(H,28,29)/t10?,11?,16?,17?,20-/m1/s1. The van der Waals surface area contributed by atoms with E-state index in [9.17, 15) is 24.3 Å². The van der Waals surface area contributed by atoms with Crippen LogP contribution in [0.4, 0.5) is 0 Å². The average molecular weight is 464 g/mol. The highest BCUT2D eigenvalue weighted by Crippen LogP contribution is 2.41. The number of ether oxygens (including phenoxy) is 1. The number of hydrogen-bond donors (Lipinski definition) is 3. The molecule has 172 valence electrons. The van der Waals surface area contributed by atoms with Gasteiger partial charge in [0.25, 0.3) is 5.91 Å². The van der Waals surface area contributed by atoms with E-state index >= 15 is 0 Å². The van der Waals surface area contributed by atoms with E-state index in [0.29, 0.717) is 24.5 Å². The molecule has 2 fully saturated rings. The molecule has 1 saturated carbocycles. The van der Waals surface area contributed by atoms with Gasteiger partial charge in [-0.2, -0.15) is 5.48 Å². The first-order chi connectivity index (χ1) is 15.3. The van der Waals surface area contributed by atoms with Gasteiger partial charge in [-0.15, -0.1) is 11.8 Å². The molecule has 11 heteroatoms. The normalized spacial score (nSPS) is 28.8. The van der Waals surface area contributed by atoms with E-state index < -0.39 is 35.2 Å². The maximum atomic E-state index is 13.2. The topological polar surface area (TPSA) is 134 Å². The Morgan fingerprint density at radius 3 is 2.81 bits per heavy atom. The number of aliphatic carboxylic acids is 1. The largest absolute Gasteiger partial charge is 0.483 e. The van der Waals surface area contributed by atoms with Gasteiger partial charge in [0.2, 0.25) is 11.7 Å². The molecular formula is C21H25N3O7S. The monoisotopic (exact) mass is 463 g/mol. The fourth-order valence-corrected chi connectivity index (χ4v) is 5.28. The zero-order valence-electron chi connectivity index (χ0n) is 17.7. The minimum atomic E-state index is -1.19. The smallest absolute Gasteiger partial charge is 0.352 e. The van der Waals surface area contributed by atoms with Gasteiger partial charge in [0.1, 0.15) is 23.2 Å². The van der Waals surface area contributed by atoms with Crippen LogP contribution in [0, 0.1) is 5.92 Å². The molecule has 32 heavy (non-hydrogen) atoms. The van der Waals surface area contributed by atoms with Gasteiger partial charge in [-0.3, -0.25) is 19.3 Å². The van der Waals surface area contributed by atoms with Gasteiger partial charge in [0, 0.05) is 17.2 Å². The summed E-state index contributed by atoms with van der Waals surface area (Å²) in [5.41, 5.74) is 2.97. The Kier molecular flexibility index (Phi) is 6.43. The minimum absolute atomic E-state index is 0.0788. The summed E-state index contributed by atoms with van der Waals surface area (Å²) in [6.45, 7) is 4.03. The lowest BCUT2D eigenvalue weighted by molar-refractivity contribution is -0.151. The molecule has 4 aliphatic rings. The van der Waals surface area contributed by atoms with Gasteiger partial charge in [-0.1, -0.05) is 6.08 Å². The molecule has 0 radical (unpaired) electrons. The summed E-state index contributed by atoms with van der Waals surface area (Å²) in [4.78, 5) is 55.6. The number of carboxylic acids is 1. The van der Waals surface area contributed by atoms with E-state index in [-0.39, 0.29) is 22.8 Å². The number of carboxylic acid groups (broad SMARTS) is 1. The van der Waals surface area contributed by atoms with Crippen molar-refractivity contribution in [3.8, 4) is 0 Å². The fourth-order valence-electron chi connectivity index (χ4n) is 3.95. The second-order valence-electron chi connectivity index (χ2n) is 8.22. The number of hydroxylamine groups is 1. The number of carbonyl (C=O) groups is 3. The third kappa shape index (κ3) is 4.33. The van der Waals surface area contributed by atoms with Crippen LogP contribution in [-0.2, 0) is 28.8 Å². The van der Waals surface area contributed by atoms with Gasteiger partial charge in [0.15, 0.2) is 5.94 Å². The minimum Gasteiger partial charge on any atom is -0.483 e. The Morgan fingerprint density at radius 2 is 2.16 bits per heavy atom. The van der Waals surface area contributed by atoms with Crippen molar-refractivity contribution in [1.82, 2.24) is 15.7 Å². The van der Waals surface area contributed by atoms with Gasteiger partial charge >= 0.3 is 5.97 Å². The first-order valence-corrected chi connectivity index (χ1v) is 11.5. The summed E-state index contributed by atoms with van der Waals surface area (Å²) in [6, 6.07) is -1.98. The van der Waals surface area contributed by atoms with Crippen LogP contribution in [0.25, 0.3) is 0 Å². The van der Waals surface area contributed by atoms with Crippen LogP contribution < -0.4 is 10.8 Å². The van der Waals surface area contributed by atoms with Crippen molar-refractivity contribution in [3.63, 3.8) is 0 Å². The Morgan fingerprint density at radius 1 is 1.41 bits per heavy atom. The number of amides is 2. The van der Waals surface area contributed by atoms with Crippen molar-refractivity contribution >= 4 is 35.5 Å². The van der Waals surface area contributed by atoms with Crippen molar-refractivity contribution in [3.05, 3.63) is 29.2 Å². The van der Waals surface area contributed by atoms with Crippen molar-refractivity contribution in [2.24, 2.45) is 5.92 Å². The van der Waals surface area contributed by atoms with Crippen LogP contribution in [0.5, 0.6) is 0 Å². The summed E-state index contributed by atoms with van der Waals surface area (Å²) < 4.78 is 5.34. The Bertz CT molecular complexity index is 938. The first-order valence-electron chi connectivity index (χ1n) is 10.5. The van der Waals surface area contributed by atoms with Crippen LogP contribution in [0.2, 0.25) is 0 Å². The SMILES string of the molecule is CC1C=C(C(=O)O)N2C(=O)C(NC(=O)C(NOC(C)C3CC3)C3=CCCOC3=C=O)[C@H]2S1. The van der Waals surface area contributed by atoms with Crippen LogP contribution in [0.15, 0.2) is 29.2 Å². The number of nitrogens with zero attached hydrogens (tertiary/aromatic N) is 1. The quantitative estimate of drug-likeness (QED) is 0.267. The van der Waals surface area contributed by atoms with Crippen molar-refractivity contribution in [2.75, 3.05) is 6.61 Å². The van der Waals surface area contributed by atoms with E-state index in [1.807, 2.05) is 13.8 Å². The van der Waals surface area contributed by atoms with Crippen LogP contribution in [0.3, 0.4) is 0 Å². The number of nitrogens with one attached hydrogen (secondary N) is 2. The van der Waals surface area contributed by atoms with Gasteiger partial charge in [0.05, 0.1) is 12.7 Å². The molecule has 10 nitrogen and oxygen atoms in total. The zero-order chi connectivity index (χ0) is 23.0. The fraction of sp³-hybridized carbons (Fsp3) is 0.571. The molecule has 5 atom stereocenters. The number of carbonyl (C=O) groups excluding carboxylic acids is 3. The Labute approximate surface area is 189 Å². The number of hydrogen-bond acceptors (Lipinski definition) is 8. The van der Waals surface area contributed by atoms with Gasteiger partial charge in [-0.05, 0) is 38.7 Å². The number of thioether (sulfide) groups is 1. The number of rotatable bonds is 8. The molecule has 0 aromatic heterocycles. The van der Waals surface area contributed by atoms with Gasteiger partial charge < -0.3 is 15.2 Å². The molecule has 4 rings (SSSR count). The second kappa shape index (κ2) is 9.11. The molecule has 0 aromatic carbocycles. The van der Waals surface area contributed by atoms with E-state index in [1.54, 1.807) is 12.0 Å². The highest BCUT2D eigenvalue weighted by molar-refractivity contribution is 8.00. The second-order valence-corrected chi connectivity index (χ2v) is 9.72. The highest BCUT2D eigenvalue weighted by Gasteiger charge is 2.54. The lowest BCUT2D eigenvalue weighted by Crippen LogP contribution is -2.71. The molecule has 1 aliphatic carbocycles. The van der Waals surface area contributed by atoms with E-state index in [0.717, 1.165) is 12.8 Å². The molecule has 3 aliphatic heterocycles. The third-order valence-electron chi connectivity index (χ3n) is 5.88. The molecule has 0 bridgehead atoms. The Balaban J connectivity index is 1.50. The predicted octanol–water partition coefficient (Wildman–Crippen LogP) is 0.494. The van der Waals surface area contributed by atoms with Crippen LogP contribution in [-0.4, -0.2) is 69.1 Å². The van der Waals surface area contributed by atoms with E-state index in [1.165, 1.54) is 22.7 Å². The molecule has 2 amide bonds. The van der Waals surface area contributed by atoms with E-state index in [4.69, 9.17) is 9.57 Å². The molecular weight excluding hydrogens is 438 g/mol. The molecule has 1 saturated heterocycles. The predicted molar refractivity (Wildman–Crippen MR) is 113 cm³/mol. The maximum absolute atomic E-state index is 13.2. The Hall–Kier alpha value is -2.59. The summed E-state index contributed by atoms with van der Waals surface area (Å²) in [6.07, 6.45) is 5.70. The maximum Gasteiger partial charge on any atom is 0.352 e. The van der Waals surface area contributed by atoms with Crippen molar-refractivity contribution in [1.29, 1.82) is 0 Å². The number of fused-ring (bicyclic) bond motifs is 1. The van der Waals surface area contributed by atoms with Crippen LogP contribution in [0.1, 0.15) is 33.1 Å². The summed E-state index contributed by atoms with van der Waals surface area (Å²) in [5.74, 6) is -0.209. The molecule has 0 aromatic rings.